The summed E-state index contributed by atoms with van der Waals surface area (Å²) in [6.45, 7) is 0.378. The highest BCUT2D eigenvalue weighted by Gasteiger charge is 2.10. The molecule has 82 valence electrons. The molecule has 0 aromatic carbocycles. The fourth-order valence-corrected chi connectivity index (χ4v) is 2.51. The van der Waals surface area contributed by atoms with Crippen molar-refractivity contribution in [3.05, 3.63) is 29.7 Å². The molecule has 0 saturated carbocycles. The Kier molecular flexibility index (Phi) is 2.05. The molecule has 6 heteroatoms. The zero-order valence-corrected chi connectivity index (χ0v) is 9.61. The minimum atomic E-state index is 0.378. The summed E-state index contributed by atoms with van der Waals surface area (Å²) in [6.07, 6.45) is 4.07. The number of nitrogens with two attached hydrogens (primary N) is 1. The maximum absolute atomic E-state index is 5.53. The Morgan fingerprint density at radius 3 is 3.06 bits per heavy atom. The highest BCUT2D eigenvalue weighted by molar-refractivity contribution is 7.15. The van der Waals surface area contributed by atoms with Crippen molar-refractivity contribution in [2.75, 3.05) is 0 Å². The summed E-state index contributed by atoms with van der Waals surface area (Å²) in [5.41, 5.74) is 7.73. The van der Waals surface area contributed by atoms with Gasteiger partial charge in [-0.15, -0.1) is 16.4 Å². The molecule has 0 fully saturated rings. The van der Waals surface area contributed by atoms with E-state index in [9.17, 15) is 0 Å². The lowest BCUT2D eigenvalue weighted by molar-refractivity contribution is 0.875. The van der Waals surface area contributed by atoms with Gasteiger partial charge in [0.1, 0.15) is 0 Å². The third-order valence-corrected chi connectivity index (χ3v) is 3.25. The minimum Gasteiger partial charge on any atom is -0.357 e. The molecule has 0 aliphatic rings. The monoisotopic (exact) mass is 233 g/mol. The number of fused-ring (bicyclic) bond motifs is 1. The molecule has 5 nitrogen and oxygen atoms in total. The summed E-state index contributed by atoms with van der Waals surface area (Å²) >= 11 is 1.58. The van der Waals surface area contributed by atoms with Crippen molar-refractivity contribution in [2.24, 2.45) is 12.8 Å². The first-order chi connectivity index (χ1) is 7.78. The number of aryl methyl sites for hydroxylation is 1. The SMILES string of the molecule is Cn1ccc(-c2csc3nc(CN)nn23)c1. The second-order valence-electron chi connectivity index (χ2n) is 3.61. The molecule has 3 heterocycles. The molecular formula is C10H11N5S. The van der Waals surface area contributed by atoms with Gasteiger partial charge in [0.05, 0.1) is 12.2 Å². The van der Waals surface area contributed by atoms with E-state index in [-0.39, 0.29) is 0 Å². The molecule has 0 unspecified atom stereocenters. The van der Waals surface area contributed by atoms with Crippen LogP contribution in [-0.2, 0) is 13.6 Å². The van der Waals surface area contributed by atoms with Crippen molar-refractivity contribution in [3.8, 4) is 11.3 Å². The van der Waals surface area contributed by atoms with Crippen LogP contribution in [0.2, 0.25) is 0 Å². The highest BCUT2D eigenvalue weighted by Crippen LogP contribution is 2.24. The Labute approximate surface area is 96.1 Å². The number of hydrogen-bond acceptors (Lipinski definition) is 4. The van der Waals surface area contributed by atoms with E-state index in [1.54, 1.807) is 11.3 Å². The van der Waals surface area contributed by atoms with Gasteiger partial charge in [0, 0.05) is 30.4 Å². The first-order valence-electron chi connectivity index (χ1n) is 4.93. The van der Waals surface area contributed by atoms with Crippen LogP contribution < -0.4 is 5.73 Å². The summed E-state index contributed by atoms with van der Waals surface area (Å²) in [5.74, 6) is 0.684. The predicted octanol–water partition coefficient (Wildman–Crippen LogP) is 1.25. The quantitative estimate of drug-likeness (QED) is 0.724. The molecule has 3 aromatic heterocycles. The smallest absolute Gasteiger partial charge is 0.212 e. The normalized spacial score (nSPS) is 11.4. The van der Waals surface area contributed by atoms with Crippen LogP contribution in [0.15, 0.2) is 23.8 Å². The molecule has 0 amide bonds. The van der Waals surface area contributed by atoms with Crippen molar-refractivity contribution < 1.29 is 0 Å². The van der Waals surface area contributed by atoms with Crippen molar-refractivity contribution in [1.29, 1.82) is 0 Å². The van der Waals surface area contributed by atoms with Crippen molar-refractivity contribution >= 4 is 16.3 Å². The molecule has 0 spiro atoms. The van der Waals surface area contributed by atoms with Crippen LogP contribution in [0.25, 0.3) is 16.2 Å². The molecule has 0 saturated heterocycles. The second-order valence-corrected chi connectivity index (χ2v) is 4.45. The van der Waals surface area contributed by atoms with E-state index in [1.165, 1.54) is 0 Å². The molecule has 0 aliphatic heterocycles. The Morgan fingerprint density at radius 1 is 1.50 bits per heavy atom. The molecule has 0 aliphatic carbocycles. The standard InChI is InChI=1S/C10H11N5S/c1-14-3-2-7(5-14)8-6-16-10-12-9(4-11)13-15(8)10/h2-3,5-6H,4,11H2,1H3. The fraction of sp³-hybridized carbons (Fsp3) is 0.200. The lowest BCUT2D eigenvalue weighted by atomic mass is 10.3. The number of hydrogen-bond donors (Lipinski definition) is 1. The summed E-state index contributed by atoms with van der Waals surface area (Å²) in [6, 6.07) is 2.06. The van der Waals surface area contributed by atoms with E-state index in [4.69, 9.17) is 5.73 Å². The zero-order valence-electron chi connectivity index (χ0n) is 8.79. The van der Waals surface area contributed by atoms with Crippen molar-refractivity contribution in [3.63, 3.8) is 0 Å². The second kappa shape index (κ2) is 3.43. The molecule has 0 radical (unpaired) electrons. The Balaban J connectivity index is 2.19. The van der Waals surface area contributed by atoms with Gasteiger partial charge < -0.3 is 10.3 Å². The van der Waals surface area contributed by atoms with Crippen LogP contribution in [0.1, 0.15) is 5.82 Å². The highest BCUT2D eigenvalue weighted by atomic mass is 32.1. The van der Waals surface area contributed by atoms with E-state index in [2.05, 4.69) is 27.7 Å². The van der Waals surface area contributed by atoms with Gasteiger partial charge in [0.25, 0.3) is 0 Å². The van der Waals surface area contributed by atoms with Gasteiger partial charge >= 0.3 is 0 Å². The topological polar surface area (TPSA) is 61.1 Å². The van der Waals surface area contributed by atoms with E-state index in [0.717, 1.165) is 16.2 Å². The largest absolute Gasteiger partial charge is 0.357 e. The van der Waals surface area contributed by atoms with Crippen LogP contribution in [0.4, 0.5) is 0 Å². The Hall–Kier alpha value is -1.66. The number of rotatable bonds is 2. The molecule has 0 atom stereocenters. The van der Waals surface area contributed by atoms with Gasteiger partial charge in [-0.25, -0.2) is 9.50 Å². The summed E-state index contributed by atoms with van der Waals surface area (Å²) < 4.78 is 3.86. The average Bonchev–Trinajstić information content (AvgIpc) is 2.91. The maximum atomic E-state index is 5.53. The van der Waals surface area contributed by atoms with Crippen LogP contribution in [0.5, 0.6) is 0 Å². The van der Waals surface area contributed by atoms with Gasteiger partial charge in [0.2, 0.25) is 4.96 Å². The molecule has 3 rings (SSSR count). The van der Waals surface area contributed by atoms with Crippen LogP contribution in [-0.4, -0.2) is 19.2 Å². The van der Waals surface area contributed by atoms with Crippen molar-refractivity contribution in [2.45, 2.75) is 6.54 Å². The van der Waals surface area contributed by atoms with Gasteiger partial charge in [-0.3, -0.25) is 0 Å². The zero-order chi connectivity index (χ0) is 11.1. The molecule has 0 bridgehead atoms. The molecular weight excluding hydrogens is 222 g/mol. The van der Waals surface area contributed by atoms with E-state index < -0.39 is 0 Å². The van der Waals surface area contributed by atoms with Crippen LogP contribution >= 0.6 is 11.3 Å². The minimum absolute atomic E-state index is 0.378. The van der Waals surface area contributed by atoms with Crippen LogP contribution in [0.3, 0.4) is 0 Å². The van der Waals surface area contributed by atoms with E-state index in [0.29, 0.717) is 12.4 Å². The van der Waals surface area contributed by atoms with Gasteiger partial charge in [-0.2, -0.15) is 0 Å². The predicted molar refractivity (Wildman–Crippen MR) is 63.2 cm³/mol. The lowest BCUT2D eigenvalue weighted by Crippen LogP contribution is -1.99. The third-order valence-electron chi connectivity index (χ3n) is 2.44. The molecule has 3 aromatic rings. The number of aromatic nitrogens is 4. The first-order valence-corrected chi connectivity index (χ1v) is 5.81. The number of thiazole rings is 1. The van der Waals surface area contributed by atoms with Crippen LogP contribution in [0, 0.1) is 0 Å². The summed E-state index contributed by atoms with van der Waals surface area (Å²) in [5, 5.41) is 6.42. The number of nitrogens with zero attached hydrogens (tertiary/aromatic N) is 4. The van der Waals surface area contributed by atoms with E-state index in [1.807, 2.05) is 22.3 Å². The van der Waals surface area contributed by atoms with Gasteiger partial charge in [-0.05, 0) is 6.07 Å². The van der Waals surface area contributed by atoms with Gasteiger partial charge in [-0.1, -0.05) is 0 Å². The Morgan fingerprint density at radius 2 is 2.38 bits per heavy atom. The maximum Gasteiger partial charge on any atom is 0.212 e. The lowest BCUT2D eigenvalue weighted by Gasteiger charge is -1.93. The summed E-state index contributed by atoms with van der Waals surface area (Å²) in [7, 11) is 2.00. The Bertz CT molecular complexity index is 633. The molecule has 2 N–H and O–H groups in total. The average molecular weight is 233 g/mol. The van der Waals surface area contributed by atoms with Crippen molar-refractivity contribution in [1.82, 2.24) is 19.2 Å². The molecule has 16 heavy (non-hydrogen) atoms. The fourth-order valence-electron chi connectivity index (χ4n) is 1.66. The summed E-state index contributed by atoms with van der Waals surface area (Å²) in [4.78, 5) is 5.21. The third kappa shape index (κ3) is 1.35. The first kappa shape index (κ1) is 9.56. The van der Waals surface area contributed by atoms with E-state index >= 15 is 0 Å². The van der Waals surface area contributed by atoms with Gasteiger partial charge in [0.15, 0.2) is 5.82 Å².